The number of carboxylic acid groups (broad SMARTS) is 1. The average molecular weight is 289 g/mol. The third-order valence-corrected chi connectivity index (χ3v) is 3.27. The minimum absolute atomic E-state index is 0.0534. The molecule has 0 spiro atoms. The van der Waals surface area contributed by atoms with Crippen molar-refractivity contribution in [3.05, 3.63) is 18.0 Å². The first-order valence-electron chi connectivity index (χ1n) is 6.23. The highest BCUT2D eigenvalue weighted by molar-refractivity contribution is 5.66. The summed E-state index contributed by atoms with van der Waals surface area (Å²) in [5, 5.41) is 8.62. The second kappa shape index (κ2) is 5.64. The van der Waals surface area contributed by atoms with Gasteiger partial charge >= 0.3 is 12.1 Å². The van der Waals surface area contributed by atoms with Crippen LogP contribution in [0.3, 0.4) is 0 Å². The summed E-state index contributed by atoms with van der Waals surface area (Å²) < 4.78 is 37.7. The van der Waals surface area contributed by atoms with Crippen molar-refractivity contribution in [1.29, 1.82) is 0 Å². The Balaban J connectivity index is 2.01. The first-order chi connectivity index (χ1) is 9.36. The van der Waals surface area contributed by atoms with Crippen LogP contribution >= 0.6 is 0 Å². The van der Waals surface area contributed by atoms with Gasteiger partial charge in [-0.05, 0) is 24.8 Å². The summed E-state index contributed by atoms with van der Waals surface area (Å²) in [6, 6.07) is 0.835. The van der Waals surface area contributed by atoms with Crippen molar-refractivity contribution in [2.75, 3.05) is 18.0 Å². The lowest BCUT2D eigenvalue weighted by Gasteiger charge is -2.17. The van der Waals surface area contributed by atoms with Gasteiger partial charge in [0.15, 0.2) is 0 Å². The van der Waals surface area contributed by atoms with E-state index in [1.54, 1.807) is 4.90 Å². The molecule has 0 aliphatic carbocycles. The molecule has 0 radical (unpaired) electrons. The lowest BCUT2D eigenvalue weighted by Crippen LogP contribution is -2.23. The van der Waals surface area contributed by atoms with Gasteiger partial charge in [-0.2, -0.15) is 13.2 Å². The van der Waals surface area contributed by atoms with Gasteiger partial charge in [0, 0.05) is 25.7 Å². The fraction of sp³-hybridized carbons (Fsp3) is 0.583. The van der Waals surface area contributed by atoms with Gasteiger partial charge in [0.2, 0.25) is 5.95 Å². The lowest BCUT2D eigenvalue weighted by molar-refractivity contribution is -0.141. The van der Waals surface area contributed by atoms with Crippen LogP contribution in [0.15, 0.2) is 12.3 Å². The molecule has 1 aliphatic rings. The van der Waals surface area contributed by atoms with Crippen LogP contribution in [-0.4, -0.2) is 34.1 Å². The molecule has 0 saturated carbocycles. The number of anilines is 1. The SMILES string of the molecule is O=C(O)CCC1CCN(c2nccc(C(F)(F)F)n2)C1. The molecule has 1 fully saturated rings. The van der Waals surface area contributed by atoms with E-state index in [2.05, 4.69) is 9.97 Å². The summed E-state index contributed by atoms with van der Waals surface area (Å²) in [6.45, 7) is 1.04. The first kappa shape index (κ1) is 14.5. The summed E-state index contributed by atoms with van der Waals surface area (Å²) in [4.78, 5) is 19.6. The van der Waals surface area contributed by atoms with E-state index in [1.165, 1.54) is 0 Å². The summed E-state index contributed by atoms with van der Waals surface area (Å²) in [5.41, 5.74) is -0.962. The van der Waals surface area contributed by atoms with E-state index in [1.807, 2.05) is 0 Å². The fourth-order valence-corrected chi connectivity index (χ4v) is 2.24. The quantitative estimate of drug-likeness (QED) is 0.920. The van der Waals surface area contributed by atoms with Crippen LogP contribution in [0.25, 0.3) is 0 Å². The maximum atomic E-state index is 12.6. The maximum Gasteiger partial charge on any atom is 0.433 e. The Kier molecular flexibility index (Phi) is 4.10. The third-order valence-electron chi connectivity index (χ3n) is 3.27. The maximum absolute atomic E-state index is 12.6. The topological polar surface area (TPSA) is 66.3 Å². The van der Waals surface area contributed by atoms with Crippen LogP contribution in [-0.2, 0) is 11.0 Å². The van der Waals surface area contributed by atoms with E-state index in [-0.39, 0.29) is 18.3 Å². The molecule has 8 heteroatoms. The molecule has 2 rings (SSSR count). The predicted molar refractivity (Wildman–Crippen MR) is 64.2 cm³/mol. The molecule has 1 aliphatic heterocycles. The van der Waals surface area contributed by atoms with E-state index in [0.29, 0.717) is 19.5 Å². The summed E-state index contributed by atoms with van der Waals surface area (Å²) >= 11 is 0. The van der Waals surface area contributed by atoms with E-state index in [4.69, 9.17) is 5.11 Å². The minimum atomic E-state index is -4.49. The van der Waals surface area contributed by atoms with Crippen molar-refractivity contribution in [2.45, 2.75) is 25.4 Å². The van der Waals surface area contributed by atoms with E-state index in [0.717, 1.165) is 18.7 Å². The summed E-state index contributed by atoms with van der Waals surface area (Å²) in [6.07, 6.45) is -2.06. The number of aliphatic carboxylic acids is 1. The molecule has 0 amide bonds. The van der Waals surface area contributed by atoms with Crippen molar-refractivity contribution in [3.63, 3.8) is 0 Å². The highest BCUT2D eigenvalue weighted by Crippen LogP contribution is 2.29. The number of aromatic nitrogens is 2. The summed E-state index contributed by atoms with van der Waals surface area (Å²) in [7, 11) is 0. The van der Waals surface area contributed by atoms with Crippen molar-refractivity contribution in [2.24, 2.45) is 5.92 Å². The van der Waals surface area contributed by atoms with Gasteiger partial charge in [0.25, 0.3) is 0 Å². The van der Waals surface area contributed by atoms with Gasteiger partial charge in [0.1, 0.15) is 5.69 Å². The van der Waals surface area contributed by atoms with Gasteiger partial charge < -0.3 is 10.0 Å². The number of hydrogen-bond acceptors (Lipinski definition) is 4. The molecule has 20 heavy (non-hydrogen) atoms. The van der Waals surface area contributed by atoms with Crippen LogP contribution in [0.5, 0.6) is 0 Å². The van der Waals surface area contributed by atoms with Crippen LogP contribution < -0.4 is 4.90 Å². The smallest absolute Gasteiger partial charge is 0.433 e. The number of halogens is 3. The van der Waals surface area contributed by atoms with Crippen LogP contribution in [0.4, 0.5) is 19.1 Å². The van der Waals surface area contributed by atoms with Crippen molar-refractivity contribution in [1.82, 2.24) is 9.97 Å². The Labute approximate surface area is 113 Å². The normalized spacial score (nSPS) is 19.4. The molecule has 2 heterocycles. The predicted octanol–water partition coefficient (Wildman–Crippen LogP) is 2.19. The molecule has 1 atom stereocenters. The molecular formula is C12H14F3N3O2. The molecule has 1 aromatic heterocycles. The van der Waals surface area contributed by atoms with E-state index in [9.17, 15) is 18.0 Å². The fourth-order valence-electron chi connectivity index (χ4n) is 2.24. The minimum Gasteiger partial charge on any atom is -0.481 e. The second-order valence-corrected chi connectivity index (χ2v) is 4.77. The van der Waals surface area contributed by atoms with Crippen molar-refractivity contribution >= 4 is 11.9 Å². The van der Waals surface area contributed by atoms with Gasteiger partial charge in [-0.3, -0.25) is 4.79 Å². The molecule has 1 aromatic rings. The Morgan fingerprint density at radius 3 is 2.90 bits per heavy atom. The largest absolute Gasteiger partial charge is 0.481 e. The number of rotatable bonds is 4. The zero-order chi connectivity index (χ0) is 14.8. The zero-order valence-electron chi connectivity index (χ0n) is 10.6. The molecule has 1 N–H and O–H groups in total. The number of alkyl halides is 3. The number of nitrogens with zero attached hydrogens (tertiary/aromatic N) is 3. The van der Waals surface area contributed by atoms with Crippen molar-refractivity contribution < 1.29 is 23.1 Å². The lowest BCUT2D eigenvalue weighted by atomic mass is 10.0. The summed E-state index contributed by atoms with van der Waals surface area (Å²) in [5.74, 6) is -0.652. The molecule has 1 saturated heterocycles. The van der Waals surface area contributed by atoms with Crippen molar-refractivity contribution in [3.8, 4) is 0 Å². The number of carboxylic acids is 1. The molecule has 5 nitrogen and oxygen atoms in total. The molecule has 0 aromatic carbocycles. The van der Waals surface area contributed by atoms with Crippen LogP contribution in [0, 0.1) is 5.92 Å². The highest BCUT2D eigenvalue weighted by Gasteiger charge is 2.34. The monoisotopic (exact) mass is 289 g/mol. The highest BCUT2D eigenvalue weighted by atomic mass is 19.4. The Morgan fingerprint density at radius 1 is 1.50 bits per heavy atom. The molecule has 0 bridgehead atoms. The Bertz CT molecular complexity index is 493. The zero-order valence-corrected chi connectivity index (χ0v) is 10.6. The Morgan fingerprint density at radius 2 is 2.25 bits per heavy atom. The number of hydrogen-bond donors (Lipinski definition) is 1. The third kappa shape index (κ3) is 3.58. The van der Waals surface area contributed by atoms with E-state index >= 15 is 0 Å². The molecule has 110 valence electrons. The van der Waals surface area contributed by atoms with Crippen LogP contribution in [0.1, 0.15) is 25.0 Å². The van der Waals surface area contributed by atoms with Gasteiger partial charge in [-0.1, -0.05) is 0 Å². The average Bonchev–Trinajstić information content (AvgIpc) is 2.84. The van der Waals surface area contributed by atoms with Crippen LogP contribution in [0.2, 0.25) is 0 Å². The number of carbonyl (C=O) groups is 1. The molecular weight excluding hydrogens is 275 g/mol. The van der Waals surface area contributed by atoms with E-state index < -0.39 is 17.8 Å². The standard InChI is InChI=1S/C12H14F3N3O2/c13-12(14,15)9-3-5-16-11(17-9)18-6-4-8(7-18)1-2-10(19)20/h3,5,8H,1-2,4,6-7H2,(H,19,20). The van der Waals surface area contributed by atoms with Gasteiger partial charge in [-0.15, -0.1) is 0 Å². The van der Waals surface area contributed by atoms with Gasteiger partial charge in [-0.25, -0.2) is 9.97 Å². The molecule has 1 unspecified atom stereocenters. The second-order valence-electron chi connectivity index (χ2n) is 4.77. The van der Waals surface area contributed by atoms with Gasteiger partial charge in [0.05, 0.1) is 0 Å². The Hall–Kier alpha value is -1.86. The first-order valence-corrected chi connectivity index (χ1v) is 6.23.